The van der Waals surface area contributed by atoms with Crippen LogP contribution in [0.25, 0.3) is 0 Å². The van der Waals surface area contributed by atoms with Gasteiger partial charge in [-0.05, 0) is 19.3 Å². The minimum atomic E-state index is -0.293. The molecule has 88 valence electrons. The molecule has 1 rings (SSSR count). The number of carbonyl (C=O) groups excluding carboxylic acids is 1. The number of carbonyl (C=O) groups is 1. The Kier molecular flexibility index (Phi) is 5.69. The molecule has 0 unspecified atom stereocenters. The van der Waals surface area contributed by atoms with Crippen LogP contribution < -0.4 is 0 Å². The van der Waals surface area contributed by atoms with Gasteiger partial charge in [-0.2, -0.15) is 0 Å². The zero-order valence-electron chi connectivity index (χ0n) is 9.74. The predicted molar refractivity (Wildman–Crippen MR) is 60.6 cm³/mol. The van der Waals surface area contributed by atoms with Gasteiger partial charge in [0, 0.05) is 19.5 Å². The van der Waals surface area contributed by atoms with Crippen LogP contribution in [0.4, 0.5) is 0 Å². The van der Waals surface area contributed by atoms with E-state index in [1.165, 1.54) is 12.8 Å². The van der Waals surface area contributed by atoms with Gasteiger partial charge in [-0.1, -0.05) is 26.2 Å². The first-order chi connectivity index (χ1) is 7.24. The van der Waals surface area contributed by atoms with Gasteiger partial charge in [0.1, 0.15) is 0 Å². The van der Waals surface area contributed by atoms with E-state index in [0.29, 0.717) is 13.0 Å². The van der Waals surface area contributed by atoms with Crippen molar-refractivity contribution in [3.05, 3.63) is 0 Å². The van der Waals surface area contributed by atoms with Crippen LogP contribution >= 0.6 is 0 Å². The molecule has 3 nitrogen and oxygen atoms in total. The van der Waals surface area contributed by atoms with Crippen molar-refractivity contribution in [2.24, 2.45) is 0 Å². The van der Waals surface area contributed by atoms with Crippen molar-refractivity contribution >= 4 is 5.91 Å². The Bertz CT molecular complexity index is 194. The number of rotatable bonds is 5. The van der Waals surface area contributed by atoms with E-state index >= 15 is 0 Å². The molecule has 0 aliphatic carbocycles. The lowest BCUT2D eigenvalue weighted by Crippen LogP contribution is -2.42. The van der Waals surface area contributed by atoms with E-state index in [0.717, 1.165) is 32.2 Å². The van der Waals surface area contributed by atoms with Crippen LogP contribution in [-0.2, 0) is 4.79 Å². The number of β-amino-alcohol motifs (C(OH)–C–C–N with tert-alkyl or cyclic N) is 1. The number of unbranched alkanes of at least 4 members (excludes halogenated alkanes) is 3. The van der Waals surface area contributed by atoms with E-state index in [-0.39, 0.29) is 12.0 Å². The van der Waals surface area contributed by atoms with E-state index in [1.807, 2.05) is 4.90 Å². The number of nitrogens with zero attached hydrogens (tertiary/aromatic N) is 1. The Balaban J connectivity index is 2.15. The van der Waals surface area contributed by atoms with Crippen LogP contribution in [0.3, 0.4) is 0 Å². The van der Waals surface area contributed by atoms with Gasteiger partial charge in [-0.25, -0.2) is 0 Å². The molecule has 0 aromatic rings. The topological polar surface area (TPSA) is 40.5 Å². The first-order valence-corrected chi connectivity index (χ1v) is 6.20. The predicted octanol–water partition coefficient (Wildman–Crippen LogP) is 1.94. The van der Waals surface area contributed by atoms with Gasteiger partial charge in [0.25, 0.3) is 0 Å². The standard InChI is InChI=1S/C12H23NO2/c1-2-3-4-5-8-12(15)13-9-6-7-11(14)10-13/h11,14H,2-10H2,1H3/t11-/m0/s1. The molecule has 0 radical (unpaired) electrons. The highest BCUT2D eigenvalue weighted by molar-refractivity contribution is 5.76. The summed E-state index contributed by atoms with van der Waals surface area (Å²) in [5, 5.41) is 9.44. The van der Waals surface area contributed by atoms with Crippen LogP contribution in [0.1, 0.15) is 51.9 Å². The van der Waals surface area contributed by atoms with Crippen molar-refractivity contribution in [1.82, 2.24) is 4.90 Å². The van der Waals surface area contributed by atoms with E-state index in [4.69, 9.17) is 0 Å². The molecule has 0 saturated carbocycles. The summed E-state index contributed by atoms with van der Waals surface area (Å²) in [6, 6.07) is 0. The third-order valence-corrected chi connectivity index (χ3v) is 2.99. The van der Waals surface area contributed by atoms with Crippen molar-refractivity contribution < 1.29 is 9.90 Å². The lowest BCUT2D eigenvalue weighted by molar-refractivity contribution is -0.134. The first kappa shape index (κ1) is 12.5. The summed E-state index contributed by atoms with van der Waals surface area (Å²) in [5.74, 6) is 0.227. The molecule has 0 spiro atoms. The molecular weight excluding hydrogens is 190 g/mol. The van der Waals surface area contributed by atoms with Crippen LogP contribution in [0.5, 0.6) is 0 Å². The fraction of sp³-hybridized carbons (Fsp3) is 0.917. The lowest BCUT2D eigenvalue weighted by atomic mass is 10.1. The second-order valence-electron chi connectivity index (χ2n) is 4.45. The van der Waals surface area contributed by atoms with E-state index in [1.54, 1.807) is 0 Å². The van der Waals surface area contributed by atoms with E-state index in [2.05, 4.69) is 6.92 Å². The Hall–Kier alpha value is -0.570. The van der Waals surface area contributed by atoms with E-state index in [9.17, 15) is 9.90 Å². The molecule has 1 fully saturated rings. The van der Waals surface area contributed by atoms with Crippen LogP contribution in [0.15, 0.2) is 0 Å². The Morgan fingerprint density at radius 2 is 2.20 bits per heavy atom. The van der Waals surface area contributed by atoms with Gasteiger partial charge in [0.2, 0.25) is 5.91 Å². The van der Waals surface area contributed by atoms with Gasteiger partial charge < -0.3 is 10.0 Å². The average molecular weight is 213 g/mol. The summed E-state index contributed by atoms with van der Waals surface area (Å²) in [5.41, 5.74) is 0. The molecule has 1 saturated heterocycles. The SMILES string of the molecule is CCCCCCC(=O)N1CCC[C@H](O)C1. The molecule has 1 aliphatic heterocycles. The van der Waals surface area contributed by atoms with Crippen molar-refractivity contribution in [2.75, 3.05) is 13.1 Å². The number of aliphatic hydroxyl groups is 1. The first-order valence-electron chi connectivity index (χ1n) is 6.20. The number of amides is 1. The molecule has 1 atom stereocenters. The highest BCUT2D eigenvalue weighted by Gasteiger charge is 2.21. The molecular formula is C12H23NO2. The summed E-state index contributed by atoms with van der Waals surface area (Å²) >= 11 is 0. The van der Waals surface area contributed by atoms with Crippen LogP contribution in [-0.4, -0.2) is 35.1 Å². The summed E-state index contributed by atoms with van der Waals surface area (Å²) in [7, 11) is 0. The maximum atomic E-state index is 11.7. The third-order valence-electron chi connectivity index (χ3n) is 2.99. The molecule has 0 aromatic carbocycles. The van der Waals surface area contributed by atoms with Gasteiger partial charge in [0.15, 0.2) is 0 Å². The maximum Gasteiger partial charge on any atom is 0.222 e. The molecule has 1 heterocycles. The minimum absolute atomic E-state index is 0.227. The number of piperidine rings is 1. The number of hydrogen-bond acceptors (Lipinski definition) is 2. The number of aliphatic hydroxyl groups excluding tert-OH is 1. The fourth-order valence-electron chi connectivity index (χ4n) is 2.04. The Morgan fingerprint density at radius 3 is 2.87 bits per heavy atom. The normalized spacial score (nSPS) is 21.7. The van der Waals surface area contributed by atoms with Crippen LogP contribution in [0, 0.1) is 0 Å². The van der Waals surface area contributed by atoms with E-state index < -0.39 is 0 Å². The van der Waals surface area contributed by atoms with Crippen LogP contribution in [0.2, 0.25) is 0 Å². The number of likely N-dealkylation sites (tertiary alicyclic amines) is 1. The van der Waals surface area contributed by atoms with Crippen molar-refractivity contribution in [1.29, 1.82) is 0 Å². The van der Waals surface area contributed by atoms with Gasteiger partial charge in [0.05, 0.1) is 6.10 Å². The molecule has 15 heavy (non-hydrogen) atoms. The molecule has 0 aromatic heterocycles. The van der Waals surface area contributed by atoms with Gasteiger partial charge in [-0.3, -0.25) is 4.79 Å². The molecule has 1 amide bonds. The zero-order valence-corrected chi connectivity index (χ0v) is 9.74. The third kappa shape index (κ3) is 4.65. The second kappa shape index (κ2) is 6.83. The quantitative estimate of drug-likeness (QED) is 0.709. The van der Waals surface area contributed by atoms with Gasteiger partial charge in [-0.15, -0.1) is 0 Å². The largest absolute Gasteiger partial charge is 0.391 e. The average Bonchev–Trinajstić information content (AvgIpc) is 2.24. The summed E-state index contributed by atoms with van der Waals surface area (Å²) < 4.78 is 0. The molecule has 3 heteroatoms. The molecule has 1 N–H and O–H groups in total. The van der Waals surface area contributed by atoms with Gasteiger partial charge >= 0.3 is 0 Å². The van der Waals surface area contributed by atoms with Crippen molar-refractivity contribution in [3.63, 3.8) is 0 Å². The number of hydrogen-bond donors (Lipinski definition) is 1. The fourth-order valence-corrected chi connectivity index (χ4v) is 2.04. The smallest absolute Gasteiger partial charge is 0.222 e. The highest BCUT2D eigenvalue weighted by Crippen LogP contribution is 2.12. The summed E-state index contributed by atoms with van der Waals surface area (Å²) in [4.78, 5) is 13.5. The summed E-state index contributed by atoms with van der Waals surface area (Å²) in [6.07, 6.45) is 6.73. The second-order valence-corrected chi connectivity index (χ2v) is 4.45. The Labute approximate surface area is 92.5 Å². The van der Waals surface area contributed by atoms with Crippen molar-refractivity contribution in [2.45, 2.75) is 58.0 Å². The minimum Gasteiger partial charge on any atom is -0.391 e. The molecule has 1 aliphatic rings. The zero-order chi connectivity index (χ0) is 11.1. The highest BCUT2D eigenvalue weighted by atomic mass is 16.3. The lowest BCUT2D eigenvalue weighted by Gasteiger charge is -2.30. The Morgan fingerprint density at radius 1 is 1.40 bits per heavy atom. The van der Waals surface area contributed by atoms with Crippen molar-refractivity contribution in [3.8, 4) is 0 Å². The summed E-state index contributed by atoms with van der Waals surface area (Å²) in [6.45, 7) is 3.55. The molecule has 0 bridgehead atoms. The maximum absolute atomic E-state index is 11.7. The monoisotopic (exact) mass is 213 g/mol.